The molecule has 92 valence electrons. The van der Waals surface area contributed by atoms with Crippen molar-refractivity contribution in [3.05, 3.63) is 30.3 Å². The number of hydrogen-bond donors (Lipinski definition) is 1. The number of benzene rings is 1. The number of carbonyl (C=O) groups is 1. The second-order valence-electron chi connectivity index (χ2n) is 3.80. The predicted molar refractivity (Wildman–Crippen MR) is 62.3 cm³/mol. The lowest BCUT2D eigenvalue weighted by atomic mass is 10.3. The highest BCUT2D eigenvalue weighted by atomic mass is 16.6. The van der Waals surface area contributed by atoms with Gasteiger partial charge in [0.2, 0.25) is 0 Å². The number of hydrogen-bond acceptors (Lipinski definition) is 4. The number of nitrogens with zero attached hydrogens (tertiary/aromatic N) is 1. The lowest BCUT2D eigenvalue weighted by molar-refractivity contribution is 0.0400. The van der Waals surface area contributed by atoms with Gasteiger partial charge in [-0.2, -0.15) is 0 Å². The van der Waals surface area contributed by atoms with Crippen molar-refractivity contribution in [1.29, 1.82) is 0 Å². The standard InChI is InChI=1S/C12H16N2O3/c13-9-16-12(15)14-8-4-7-11(14)17-10-5-2-1-3-6-10/h1-3,5-6,11H,4,7-9,13H2. The van der Waals surface area contributed by atoms with Gasteiger partial charge in [0.25, 0.3) is 0 Å². The summed E-state index contributed by atoms with van der Waals surface area (Å²) in [6.07, 6.45) is 1.06. The number of likely N-dealkylation sites (tertiary alicyclic amines) is 1. The summed E-state index contributed by atoms with van der Waals surface area (Å²) in [6, 6.07) is 9.44. The number of carbonyl (C=O) groups excluding carboxylic acids is 1. The Balaban J connectivity index is 1.98. The van der Waals surface area contributed by atoms with Crippen molar-refractivity contribution in [3.8, 4) is 5.75 Å². The maximum atomic E-state index is 11.6. The molecule has 1 heterocycles. The fourth-order valence-electron chi connectivity index (χ4n) is 1.88. The third-order valence-electron chi connectivity index (χ3n) is 2.65. The summed E-state index contributed by atoms with van der Waals surface area (Å²) in [5, 5.41) is 0. The van der Waals surface area contributed by atoms with Crippen LogP contribution in [0.15, 0.2) is 30.3 Å². The van der Waals surface area contributed by atoms with Gasteiger partial charge in [0.1, 0.15) is 12.5 Å². The number of ether oxygens (including phenoxy) is 2. The molecule has 1 unspecified atom stereocenters. The van der Waals surface area contributed by atoms with Gasteiger partial charge in [0.05, 0.1) is 0 Å². The number of nitrogens with two attached hydrogens (primary N) is 1. The van der Waals surface area contributed by atoms with Gasteiger partial charge in [-0.3, -0.25) is 10.6 Å². The molecule has 5 heteroatoms. The lowest BCUT2D eigenvalue weighted by Gasteiger charge is -2.24. The summed E-state index contributed by atoms with van der Waals surface area (Å²) >= 11 is 0. The van der Waals surface area contributed by atoms with Crippen LogP contribution in [0.25, 0.3) is 0 Å². The molecule has 1 aromatic rings. The monoisotopic (exact) mass is 236 g/mol. The Kier molecular flexibility index (Phi) is 3.82. The molecule has 1 saturated heterocycles. The molecule has 2 N–H and O–H groups in total. The molecule has 0 aromatic heterocycles. The van der Waals surface area contributed by atoms with Gasteiger partial charge in [-0.1, -0.05) is 18.2 Å². The Labute approximate surface area is 100 Å². The zero-order valence-electron chi connectivity index (χ0n) is 9.54. The third kappa shape index (κ3) is 2.88. The Hall–Kier alpha value is -1.75. The minimum atomic E-state index is -0.411. The molecule has 1 aliphatic rings. The quantitative estimate of drug-likeness (QED) is 0.808. The van der Waals surface area contributed by atoms with Crippen molar-refractivity contribution in [2.45, 2.75) is 19.1 Å². The summed E-state index contributed by atoms with van der Waals surface area (Å²) < 4.78 is 10.5. The van der Waals surface area contributed by atoms with E-state index in [1.165, 1.54) is 0 Å². The van der Waals surface area contributed by atoms with E-state index in [0.717, 1.165) is 18.6 Å². The van der Waals surface area contributed by atoms with E-state index in [4.69, 9.17) is 15.2 Å². The van der Waals surface area contributed by atoms with Crippen LogP contribution in [0.2, 0.25) is 0 Å². The van der Waals surface area contributed by atoms with Gasteiger partial charge in [0, 0.05) is 13.0 Å². The van der Waals surface area contributed by atoms with E-state index < -0.39 is 6.09 Å². The highest BCUT2D eigenvalue weighted by molar-refractivity contribution is 5.68. The topological polar surface area (TPSA) is 64.8 Å². The van der Waals surface area contributed by atoms with E-state index in [1.807, 2.05) is 30.3 Å². The zero-order chi connectivity index (χ0) is 12.1. The summed E-state index contributed by atoms with van der Waals surface area (Å²) in [5.41, 5.74) is 5.18. The predicted octanol–water partition coefficient (Wildman–Crippen LogP) is 1.54. The fraction of sp³-hybridized carbons (Fsp3) is 0.417. The van der Waals surface area contributed by atoms with E-state index in [9.17, 15) is 4.79 Å². The molecule has 17 heavy (non-hydrogen) atoms. The van der Waals surface area contributed by atoms with Crippen molar-refractivity contribution in [3.63, 3.8) is 0 Å². The van der Waals surface area contributed by atoms with Crippen molar-refractivity contribution >= 4 is 6.09 Å². The van der Waals surface area contributed by atoms with Crippen LogP contribution in [0, 0.1) is 0 Å². The van der Waals surface area contributed by atoms with Gasteiger partial charge < -0.3 is 9.47 Å². The highest BCUT2D eigenvalue weighted by Gasteiger charge is 2.31. The van der Waals surface area contributed by atoms with Crippen LogP contribution in [0.1, 0.15) is 12.8 Å². The normalized spacial score (nSPS) is 19.1. The van der Waals surface area contributed by atoms with Crippen LogP contribution in [0.5, 0.6) is 5.75 Å². The SMILES string of the molecule is NCOC(=O)N1CCCC1Oc1ccccc1. The molecule has 1 aliphatic heterocycles. The van der Waals surface area contributed by atoms with Gasteiger partial charge in [0.15, 0.2) is 6.23 Å². The molecule has 0 spiro atoms. The van der Waals surface area contributed by atoms with Gasteiger partial charge >= 0.3 is 6.09 Å². The molecule has 1 amide bonds. The highest BCUT2D eigenvalue weighted by Crippen LogP contribution is 2.22. The van der Waals surface area contributed by atoms with Gasteiger partial charge in [-0.15, -0.1) is 0 Å². The van der Waals surface area contributed by atoms with Crippen LogP contribution in [-0.2, 0) is 4.74 Å². The fourth-order valence-corrected chi connectivity index (χ4v) is 1.88. The minimum absolute atomic E-state index is 0.104. The Bertz CT molecular complexity index is 369. The smallest absolute Gasteiger partial charge is 0.413 e. The maximum absolute atomic E-state index is 11.6. The Morgan fingerprint density at radius 1 is 1.41 bits per heavy atom. The molecule has 5 nitrogen and oxygen atoms in total. The third-order valence-corrected chi connectivity index (χ3v) is 2.65. The molecule has 1 atom stereocenters. The molecular formula is C12H16N2O3. The van der Waals surface area contributed by atoms with Crippen LogP contribution >= 0.6 is 0 Å². The molecule has 0 aliphatic carbocycles. The van der Waals surface area contributed by atoms with E-state index >= 15 is 0 Å². The first-order valence-electron chi connectivity index (χ1n) is 5.66. The van der Waals surface area contributed by atoms with Crippen molar-refractivity contribution in [1.82, 2.24) is 4.90 Å². The number of amides is 1. The second-order valence-corrected chi connectivity index (χ2v) is 3.80. The van der Waals surface area contributed by atoms with E-state index in [0.29, 0.717) is 6.54 Å². The van der Waals surface area contributed by atoms with E-state index in [1.54, 1.807) is 4.90 Å². The average Bonchev–Trinajstić information content (AvgIpc) is 2.79. The van der Waals surface area contributed by atoms with Crippen LogP contribution < -0.4 is 10.5 Å². The van der Waals surface area contributed by atoms with Crippen LogP contribution in [0.4, 0.5) is 4.79 Å². The van der Waals surface area contributed by atoms with Crippen molar-refractivity contribution in [2.75, 3.05) is 13.3 Å². The maximum Gasteiger partial charge on any atom is 0.413 e. The molecule has 0 radical (unpaired) electrons. The van der Waals surface area contributed by atoms with E-state index in [-0.39, 0.29) is 13.0 Å². The van der Waals surface area contributed by atoms with Crippen molar-refractivity contribution in [2.24, 2.45) is 5.73 Å². The second kappa shape index (κ2) is 5.54. The molecule has 0 saturated carbocycles. The summed E-state index contributed by atoms with van der Waals surface area (Å²) in [5.74, 6) is 0.755. The first-order chi connectivity index (χ1) is 8.31. The van der Waals surface area contributed by atoms with Gasteiger partial charge in [-0.25, -0.2) is 4.79 Å². The number of rotatable bonds is 3. The zero-order valence-corrected chi connectivity index (χ0v) is 9.54. The lowest BCUT2D eigenvalue weighted by Crippen LogP contribution is -2.40. The first-order valence-corrected chi connectivity index (χ1v) is 5.66. The number of para-hydroxylation sites is 1. The minimum Gasteiger partial charge on any atom is -0.470 e. The summed E-state index contributed by atoms with van der Waals surface area (Å²) in [7, 11) is 0. The van der Waals surface area contributed by atoms with E-state index in [2.05, 4.69) is 0 Å². The summed E-state index contributed by atoms with van der Waals surface area (Å²) in [4.78, 5) is 13.2. The average molecular weight is 236 g/mol. The molecule has 1 aromatic carbocycles. The van der Waals surface area contributed by atoms with Crippen LogP contribution in [0.3, 0.4) is 0 Å². The van der Waals surface area contributed by atoms with Crippen LogP contribution in [-0.4, -0.2) is 30.5 Å². The largest absolute Gasteiger partial charge is 0.470 e. The Morgan fingerprint density at radius 3 is 2.88 bits per heavy atom. The molecular weight excluding hydrogens is 220 g/mol. The molecule has 1 fully saturated rings. The molecule has 2 rings (SSSR count). The van der Waals surface area contributed by atoms with Crippen molar-refractivity contribution < 1.29 is 14.3 Å². The van der Waals surface area contributed by atoms with Gasteiger partial charge in [-0.05, 0) is 18.6 Å². The first kappa shape index (κ1) is 11.7. The molecule has 0 bridgehead atoms. The summed E-state index contributed by atoms with van der Waals surface area (Å²) in [6.45, 7) is 0.545. The Morgan fingerprint density at radius 2 is 2.18 bits per heavy atom.